The van der Waals surface area contributed by atoms with Crippen LogP contribution in [0.5, 0.6) is 0 Å². The number of nitrogens with one attached hydrogen (secondary N) is 1. The second-order valence-corrected chi connectivity index (χ2v) is 7.68. The zero-order valence-electron chi connectivity index (χ0n) is 16.9. The van der Waals surface area contributed by atoms with E-state index in [0.29, 0.717) is 42.6 Å². The van der Waals surface area contributed by atoms with Crippen molar-refractivity contribution in [1.29, 1.82) is 0 Å². The summed E-state index contributed by atoms with van der Waals surface area (Å²) in [6.07, 6.45) is 4.37. The van der Waals surface area contributed by atoms with Gasteiger partial charge in [0.15, 0.2) is 0 Å². The Morgan fingerprint density at radius 1 is 1.10 bits per heavy atom. The van der Waals surface area contributed by atoms with Crippen LogP contribution in [0.15, 0.2) is 36.7 Å². The van der Waals surface area contributed by atoms with Gasteiger partial charge >= 0.3 is 0 Å². The average molecular weight is 409 g/mol. The summed E-state index contributed by atoms with van der Waals surface area (Å²) in [5.74, 6) is -1.32. The van der Waals surface area contributed by atoms with E-state index in [4.69, 9.17) is 0 Å². The van der Waals surface area contributed by atoms with Crippen LogP contribution in [0.1, 0.15) is 50.8 Å². The molecule has 1 aromatic carbocycles. The minimum atomic E-state index is -0.876. The van der Waals surface area contributed by atoms with Crippen molar-refractivity contribution < 1.29 is 19.2 Å². The first-order valence-electron chi connectivity index (χ1n) is 9.92. The highest BCUT2D eigenvalue weighted by molar-refractivity contribution is 6.22. The van der Waals surface area contributed by atoms with Gasteiger partial charge in [0.25, 0.3) is 17.7 Å². The number of nitrogens with zero attached hydrogens (tertiary/aromatic N) is 4. The number of aromatic nitrogens is 2. The minimum absolute atomic E-state index is 0.0450. The fraction of sp³-hybridized carbons (Fsp3) is 0.381. The van der Waals surface area contributed by atoms with Crippen molar-refractivity contribution in [2.75, 3.05) is 13.1 Å². The summed E-state index contributed by atoms with van der Waals surface area (Å²) in [6.45, 7) is 2.48. The molecule has 156 valence electrons. The number of imide groups is 1. The van der Waals surface area contributed by atoms with E-state index in [9.17, 15) is 19.2 Å². The van der Waals surface area contributed by atoms with Gasteiger partial charge in [-0.1, -0.05) is 12.1 Å². The van der Waals surface area contributed by atoms with Gasteiger partial charge in [-0.2, -0.15) is 5.10 Å². The topological polar surface area (TPSA) is 105 Å². The normalized spacial score (nSPS) is 17.8. The van der Waals surface area contributed by atoms with E-state index >= 15 is 0 Å². The van der Waals surface area contributed by atoms with Gasteiger partial charge in [-0.25, -0.2) is 0 Å². The van der Waals surface area contributed by atoms with Gasteiger partial charge in [0.1, 0.15) is 6.04 Å². The number of aryl methyl sites for hydroxylation is 1. The van der Waals surface area contributed by atoms with Crippen LogP contribution in [-0.2, 0) is 11.8 Å². The van der Waals surface area contributed by atoms with E-state index in [1.165, 1.54) is 6.20 Å². The molecule has 1 N–H and O–H groups in total. The molecule has 2 aliphatic rings. The van der Waals surface area contributed by atoms with Gasteiger partial charge in [-0.15, -0.1) is 0 Å². The number of fused-ring (bicyclic) bond motifs is 1. The van der Waals surface area contributed by atoms with Crippen molar-refractivity contribution in [3.63, 3.8) is 0 Å². The third-order valence-corrected chi connectivity index (χ3v) is 5.68. The molecule has 0 spiro atoms. The zero-order valence-corrected chi connectivity index (χ0v) is 16.9. The highest BCUT2D eigenvalue weighted by Gasteiger charge is 2.42. The van der Waals surface area contributed by atoms with Gasteiger partial charge in [0, 0.05) is 32.4 Å². The minimum Gasteiger partial charge on any atom is -0.349 e. The number of amides is 4. The summed E-state index contributed by atoms with van der Waals surface area (Å²) in [4.78, 5) is 53.2. The molecular weight excluding hydrogens is 386 g/mol. The Bertz CT molecular complexity index is 987. The Hall–Kier alpha value is -3.49. The lowest BCUT2D eigenvalue weighted by atomic mass is 10.0. The van der Waals surface area contributed by atoms with E-state index in [1.54, 1.807) is 54.0 Å². The highest BCUT2D eigenvalue weighted by atomic mass is 16.2. The molecule has 1 unspecified atom stereocenters. The lowest BCUT2D eigenvalue weighted by Gasteiger charge is -2.35. The maximum absolute atomic E-state index is 13.0. The number of benzene rings is 1. The van der Waals surface area contributed by atoms with Gasteiger partial charge in [0.2, 0.25) is 5.91 Å². The van der Waals surface area contributed by atoms with Crippen LogP contribution in [0.3, 0.4) is 0 Å². The monoisotopic (exact) mass is 409 g/mol. The number of carbonyl (C=O) groups is 4. The summed E-state index contributed by atoms with van der Waals surface area (Å²) >= 11 is 0. The summed E-state index contributed by atoms with van der Waals surface area (Å²) in [6, 6.07) is 5.68. The van der Waals surface area contributed by atoms with E-state index in [0.717, 1.165) is 4.90 Å². The highest BCUT2D eigenvalue weighted by Crippen LogP contribution is 2.25. The molecule has 0 aliphatic carbocycles. The van der Waals surface area contributed by atoms with Crippen LogP contribution in [0.25, 0.3) is 0 Å². The van der Waals surface area contributed by atoms with E-state index < -0.39 is 17.9 Å². The number of likely N-dealkylation sites (tertiary alicyclic amines) is 1. The fourth-order valence-corrected chi connectivity index (χ4v) is 3.99. The standard InChI is InChI=1S/C21H23N5O4/c1-13(26-20(29)16-5-3-4-6-17(16)21(26)30)19(28)25-9-7-15(8-10-25)23-18(27)14-11-22-24(2)12-14/h3-6,11-13,15H,7-10H2,1-2H3,(H,23,27). The quantitative estimate of drug-likeness (QED) is 0.753. The van der Waals surface area contributed by atoms with Crippen LogP contribution >= 0.6 is 0 Å². The summed E-state index contributed by atoms with van der Waals surface area (Å²) in [5, 5.41) is 6.96. The van der Waals surface area contributed by atoms with Gasteiger partial charge in [-0.3, -0.25) is 28.8 Å². The SMILES string of the molecule is CC(C(=O)N1CCC(NC(=O)c2cnn(C)c2)CC1)N1C(=O)c2ccccc2C1=O. The molecule has 30 heavy (non-hydrogen) atoms. The molecule has 1 atom stereocenters. The second kappa shape index (κ2) is 7.74. The summed E-state index contributed by atoms with van der Waals surface area (Å²) < 4.78 is 1.57. The van der Waals surface area contributed by atoms with Crippen molar-refractivity contribution in [1.82, 2.24) is 24.9 Å². The van der Waals surface area contributed by atoms with Crippen molar-refractivity contribution in [3.8, 4) is 0 Å². The van der Waals surface area contributed by atoms with E-state index in [1.807, 2.05) is 0 Å². The molecule has 1 aromatic heterocycles. The Balaban J connectivity index is 1.35. The Morgan fingerprint density at radius 3 is 2.23 bits per heavy atom. The number of hydrogen-bond acceptors (Lipinski definition) is 5. The van der Waals surface area contributed by atoms with Crippen LogP contribution in [0.4, 0.5) is 0 Å². The fourth-order valence-electron chi connectivity index (χ4n) is 3.99. The number of piperidine rings is 1. The smallest absolute Gasteiger partial charge is 0.262 e. The maximum Gasteiger partial charge on any atom is 0.262 e. The Labute approximate surface area is 173 Å². The molecule has 2 aromatic rings. The third kappa shape index (κ3) is 3.47. The van der Waals surface area contributed by atoms with E-state index in [2.05, 4.69) is 10.4 Å². The zero-order chi connectivity index (χ0) is 21.4. The molecular formula is C21H23N5O4. The summed E-state index contributed by atoms with van der Waals surface area (Å²) in [5.41, 5.74) is 1.16. The van der Waals surface area contributed by atoms with Gasteiger partial charge in [-0.05, 0) is 31.9 Å². The summed E-state index contributed by atoms with van der Waals surface area (Å²) in [7, 11) is 1.75. The molecule has 1 saturated heterocycles. The van der Waals surface area contributed by atoms with Crippen molar-refractivity contribution in [2.24, 2.45) is 7.05 Å². The molecule has 0 bridgehead atoms. The second-order valence-electron chi connectivity index (χ2n) is 7.68. The Kier molecular flexibility index (Phi) is 5.11. The molecule has 4 amide bonds. The van der Waals surface area contributed by atoms with Crippen LogP contribution in [-0.4, -0.2) is 68.4 Å². The van der Waals surface area contributed by atoms with E-state index in [-0.39, 0.29) is 17.9 Å². The lowest BCUT2D eigenvalue weighted by molar-refractivity contribution is -0.136. The Morgan fingerprint density at radius 2 is 1.70 bits per heavy atom. The number of carbonyl (C=O) groups excluding carboxylic acids is 4. The third-order valence-electron chi connectivity index (χ3n) is 5.68. The average Bonchev–Trinajstić information content (AvgIpc) is 3.29. The first kappa shape index (κ1) is 19.8. The predicted octanol–water partition coefficient (Wildman–Crippen LogP) is 0.826. The number of rotatable bonds is 4. The maximum atomic E-state index is 13.0. The van der Waals surface area contributed by atoms with Crippen molar-refractivity contribution in [3.05, 3.63) is 53.3 Å². The first-order valence-corrected chi connectivity index (χ1v) is 9.92. The molecule has 0 radical (unpaired) electrons. The molecule has 3 heterocycles. The molecule has 1 fully saturated rings. The van der Waals surface area contributed by atoms with Crippen molar-refractivity contribution >= 4 is 23.6 Å². The van der Waals surface area contributed by atoms with Gasteiger partial charge in [0.05, 0.1) is 22.9 Å². The number of hydrogen-bond donors (Lipinski definition) is 1. The van der Waals surface area contributed by atoms with Crippen LogP contribution < -0.4 is 5.32 Å². The molecule has 2 aliphatic heterocycles. The largest absolute Gasteiger partial charge is 0.349 e. The van der Waals surface area contributed by atoms with Crippen LogP contribution in [0.2, 0.25) is 0 Å². The van der Waals surface area contributed by atoms with Gasteiger partial charge < -0.3 is 10.2 Å². The van der Waals surface area contributed by atoms with Crippen LogP contribution in [0, 0.1) is 0 Å². The predicted molar refractivity (Wildman–Crippen MR) is 107 cm³/mol. The molecule has 0 saturated carbocycles. The van der Waals surface area contributed by atoms with Crippen molar-refractivity contribution in [2.45, 2.75) is 31.8 Å². The first-order chi connectivity index (χ1) is 14.4. The molecule has 9 heteroatoms. The molecule has 4 rings (SSSR count). The molecule has 9 nitrogen and oxygen atoms in total. The lowest BCUT2D eigenvalue weighted by Crippen LogP contribution is -2.53.